The third kappa shape index (κ3) is 6.69. The van der Waals surface area contributed by atoms with Gasteiger partial charge in [-0.25, -0.2) is 9.59 Å². The van der Waals surface area contributed by atoms with E-state index in [1.807, 2.05) is 24.6 Å². The average molecular weight is 455 g/mol. The molecule has 1 unspecified atom stereocenters. The summed E-state index contributed by atoms with van der Waals surface area (Å²) < 4.78 is 45.9. The first kappa shape index (κ1) is 24.2. The van der Waals surface area contributed by atoms with Gasteiger partial charge in [0.2, 0.25) is 0 Å². The maximum absolute atomic E-state index is 13.3. The number of ether oxygens (including phenoxy) is 1. The number of nitrogens with one attached hydrogen (secondary N) is 1. The lowest BCUT2D eigenvalue weighted by molar-refractivity contribution is -0.159. The molecule has 0 aliphatic rings. The van der Waals surface area contributed by atoms with Gasteiger partial charge in [-0.05, 0) is 42.6 Å². The molecule has 166 valence electrons. The number of fused-ring (bicyclic) bond motifs is 1. The Morgan fingerprint density at radius 3 is 2.19 bits per heavy atom. The highest BCUT2D eigenvalue weighted by Crippen LogP contribution is 2.40. The number of carbonyl (C=O) groups is 2. The molecular weight excluding hydrogens is 435 g/mol. The normalized spacial score (nSPS) is 12.0. The number of halogens is 3. The van der Waals surface area contributed by atoms with E-state index in [4.69, 9.17) is 24.5 Å². The second-order valence-corrected chi connectivity index (χ2v) is 7.26. The van der Waals surface area contributed by atoms with Crippen LogP contribution in [0, 0.1) is 0 Å². The number of hydrogen-bond donors (Lipinski definition) is 3. The minimum atomic E-state index is -4.39. The van der Waals surface area contributed by atoms with Crippen LogP contribution in [0.1, 0.15) is 23.0 Å². The third-order valence-electron chi connectivity index (χ3n) is 4.16. The van der Waals surface area contributed by atoms with E-state index < -0.39 is 23.7 Å². The fourth-order valence-corrected chi connectivity index (χ4v) is 3.57. The minimum Gasteiger partial charge on any atom is -0.484 e. The van der Waals surface area contributed by atoms with Crippen molar-refractivity contribution >= 4 is 34.0 Å². The zero-order valence-electron chi connectivity index (χ0n) is 16.3. The molecule has 0 saturated heterocycles. The molecule has 1 atom stereocenters. The molecule has 31 heavy (non-hydrogen) atoms. The smallest absolute Gasteiger partial charge is 0.417 e. The zero-order chi connectivity index (χ0) is 23.0. The standard InChI is InChI=1S/C19H18F3NOS.C2H2O4/c1-23-11-10-17(18-7-4-12-25-18)24-16-9-8-15(19(20,21)22)13-5-2-3-6-14(13)16;3-1(4)2(5)6/h2-9,12,17,23H,10-11H2,1H3;(H,3,4)(H,5,6). The number of carboxylic acid groups (broad SMARTS) is 2. The highest BCUT2D eigenvalue weighted by atomic mass is 32.1. The van der Waals surface area contributed by atoms with Gasteiger partial charge in [0.1, 0.15) is 11.9 Å². The van der Waals surface area contributed by atoms with Gasteiger partial charge in [-0.1, -0.05) is 30.3 Å². The first-order valence-corrected chi connectivity index (χ1v) is 9.93. The molecule has 0 aliphatic carbocycles. The molecule has 1 heterocycles. The van der Waals surface area contributed by atoms with Crippen molar-refractivity contribution < 1.29 is 37.7 Å². The Labute approximate surface area is 179 Å². The van der Waals surface area contributed by atoms with Crippen molar-refractivity contribution in [3.05, 3.63) is 64.4 Å². The first-order valence-electron chi connectivity index (χ1n) is 9.05. The van der Waals surface area contributed by atoms with Crippen molar-refractivity contribution in [2.75, 3.05) is 13.6 Å². The average Bonchev–Trinajstić information content (AvgIpc) is 3.25. The van der Waals surface area contributed by atoms with Crippen LogP contribution in [0.4, 0.5) is 13.2 Å². The lowest BCUT2D eigenvalue weighted by Gasteiger charge is -2.20. The quantitative estimate of drug-likeness (QED) is 0.462. The Bertz CT molecular complexity index is 1010. The van der Waals surface area contributed by atoms with Crippen molar-refractivity contribution in [3.8, 4) is 5.75 Å². The molecule has 2 aromatic carbocycles. The molecule has 1 aromatic heterocycles. The van der Waals surface area contributed by atoms with Gasteiger partial charge < -0.3 is 20.3 Å². The molecule has 0 bridgehead atoms. The van der Waals surface area contributed by atoms with Crippen LogP contribution in [-0.4, -0.2) is 35.7 Å². The highest BCUT2D eigenvalue weighted by molar-refractivity contribution is 7.10. The fraction of sp³-hybridized carbons (Fsp3) is 0.238. The molecule has 0 saturated carbocycles. The maximum atomic E-state index is 13.3. The Hall–Kier alpha value is -3.11. The fourth-order valence-electron chi connectivity index (χ4n) is 2.78. The largest absolute Gasteiger partial charge is 0.484 e. The van der Waals surface area contributed by atoms with Crippen LogP contribution in [-0.2, 0) is 15.8 Å². The number of aliphatic carboxylic acids is 2. The second kappa shape index (κ2) is 10.8. The molecule has 0 fully saturated rings. The molecule has 0 aliphatic heterocycles. The van der Waals surface area contributed by atoms with Gasteiger partial charge in [-0.3, -0.25) is 0 Å². The highest BCUT2D eigenvalue weighted by Gasteiger charge is 2.33. The second-order valence-electron chi connectivity index (χ2n) is 6.28. The third-order valence-corrected chi connectivity index (χ3v) is 5.12. The van der Waals surface area contributed by atoms with E-state index in [-0.39, 0.29) is 11.5 Å². The van der Waals surface area contributed by atoms with E-state index in [0.29, 0.717) is 11.1 Å². The summed E-state index contributed by atoms with van der Waals surface area (Å²) in [7, 11) is 1.86. The molecule has 6 nitrogen and oxygen atoms in total. The van der Waals surface area contributed by atoms with Crippen molar-refractivity contribution in [2.24, 2.45) is 0 Å². The SMILES string of the molecule is CNCCC(Oc1ccc(C(F)(F)F)c2ccccc12)c1cccs1.O=C(O)C(=O)O. The van der Waals surface area contributed by atoms with Crippen molar-refractivity contribution in [2.45, 2.75) is 18.7 Å². The number of carboxylic acids is 2. The summed E-state index contributed by atoms with van der Waals surface area (Å²) in [4.78, 5) is 19.3. The number of thiophene rings is 1. The summed E-state index contributed by atoms with van der Waals surface area (Å²) in [5.74, 6) is -3.18. The Kier molecular flexibility index (Phi) is 8.40. The van der Waals surface area contributed by atoms with E-state index in [0.717, 1.165) is 23.9 Å². The van der Waals surface area contributed by atoms with E-state index in [2.05, 4.69) is 5.32 Å². The van der Waals surface area contributed by atoms with Crippen LogP contribution < -0.4 is 10.1 Å². The predicted molar refractivity (Wildman–Crippen MR) is 110 cm³/mol. The van der Waals surface area contributed by atoms with Gasteiger partial charge in [0.15, 0.2) is 0 Å². The predicted octanol–water partition coefficient (Wildman–Crippen LogP) is 4.81. The van der Waals surface area contributed by atoms with Gasteiger partial charge in [0, 0.05) is 16.7 Å². The maximum Gasteiger partial charge on any atom is 0.417 e. The molecule has 0 amide bonds. The van der Waals surface area contributed by atoms with Gasteiger partial charge >= 0.3 is 18.1 Å². The summed E-state index contributed by atoms with van der Waals surface area (Å²) in [5.41, 5.74) is -0.640. The van der Waals surface area contributed by atoms with Gasteiger partial charge in [-0.15, -0.1) is 11.3 Å². The van der Waals surface area contributed by atoms with Crippen LogP contribution in [0.2, 0.25) is 0 Å². The van der Waals surface area contributed by atoms with Crippen LogP contribution >= 0.6 is 11.3 Å². The summed E-state index contributed by atoms with van der Waals surface area (Å²) in [6, 6.07) is 12.9. The van der Waals surface area contributed by atoms with Crippen molar-refractivity contribution in [1.29, 1.82) is 0 Å². The molecule has 3 rings (SSSR count). The minimum absolute atomic E-state index is 0.158. The van der Waals surface area contributed by atoms with E-state index >= 15 is 0 Å². The molecule has 10 heteroatoms. The monoisotopic (exact) mass is 455 g/mol. The summed E-state index contributed by atoms with van der Waals surface area (Å²) in [6.45, 7) is 0.751. The molecule has 3 aromatic rings. The van der Waals surface area contributed by atoms with Gasteiger partial charge in [-0.2, -0.15) is 13.2 Å². The van der Waals surface area contributed by atoms with Crippen LogP contribution in [0.25, 0.3) is 10.8 Å². The van der Waals surface area contributed by atoms with E-state index in [9.17, 15) is 13.2 Å². The molecule has 0 radical (unpaired) electrons. The molecule has 3 N–H and O–H groups in total. The Morgan fingerprint density at radius 2 is 1.68 bits per heavy atom. The Balaban J connectivity index is 0.000000501. The zero-order valence-corrected chi connectivity index (χ0v) is 17.2. The first-order chi connectivity index (χ1) is 14.6. The summed E-state index contributed by atoms with van der Waals surface area (Å²) >= 11 is 1.58. The van der Waals surface area contributed by atoms with E-state index in [1.54, 1.807) is 29.5 Å². The summed E-state index contributed by atoms with van der Waals surface area (Å²) in [5, 5.41) is 20.5. The van der Waals surface area contributed by atoms with Crippen LogP contribution in [0.5, 0.6) is 5.75 Å². The van der Waals surface area contributed by atoms with Gasteiger partial charge in [0.05, 0.1) is 5.56 Å². The van der Waals surface area contributed by atoms with Crippen LogP contribution in [0.3, 0.4) is 0 Å². The number of alkyl halides is 3. The molecular formula is C21H20F3NO5S. The Morgan fingerprint density at radius 1 is 1.03 bits per heavy atom. The lowest BCUT2D eigenvalue weighted by Crippen LogP contribution is -2.16. The number of benzene rings is 2. The number of hydrogen-bond acceptors (Lipinski definition) is 5. The number of rotatable bonds is 6. The van der Waals surface area contributed by atoms with Crippen LogP contribution in [0.15, 0.2) is 53.9 Å². The lowest BCUT2D eigenvalue weighted by atomic mass is 10.0. The van der Waals surface area contributed by atoms with E-state index in [1.165, 1.54) is 12.1 Å². The van der Waals surface area contributed by atoms with Crippen molar-refractivity contribution in [3.63, 3.8) is 0 Å². The topological polar surface area (TPSA) is 95.9 Å². The summed E-state index contributed by atoms with van der Waals surface area (Å²) in [6.07, 6.45) is -3.86. The molecule has 0 spiro atoms. The van der Waals surface area contributed by atoms with Crippen molar-refractivity contribution in [1.82, 2.24) is 5.32 Å². The van der Waals surface area contributed by atoms with Gasteiger partial charge in [0.25, 0.3) is 0 Å².